The predicted octanol–water partition coefficient (Wildman–Crippen LogP) is -6.34. The topological polar surface area (TPSA) is 799 Å². The Kier molecular flexibility index (Phi) is 20.0. The van der Waals surface area contributed by atoms with Gasteiger partial charge in [0.05, 0.1) is 70.8 Å². The van der Waals surface area contributed by atoms with Crippen molar-refractivity contribution in [3.8, 4) is 0 Å². The van der Waals surface area contributed by atoms with Gasteiger partial charge in [-0.3, -0.25) is 88.4 Å². The molecule has 55 nitrogen and oxygen atoms in total. The van der Waals surface area contributed by atoms with Gasteiger partial charge in [-0.2, -0.15) is 15.0 Å². The van der Waals surface area contributed by atoms with E-state index in [-0.39, 0.29) is 79.8 Å². The second kappa shape index (κ2) is 28.8. The summed E-state index contributed by atoms with van der Waals surface area (Å²) in [6.07, 6.45) is -28.4. The van der Waals surface area contributed by atoms with Gasteiger partial charge in [-0.05, 0) is 0 Å². The summed E-state index contributed by atoms with van der Waals surface area (Å²) in [5, 5.41) is 68.8. The van der Waals surface area contributed by atoms with E-state index in [0.717, 1.165) is 58.0 Å². The number of hydrogen-bond donors (Lipinski definition) is 18. The molecule has 5 fully saturated rings. The van der Waals surface area contributed by atoms with E-state index >= 15 is 0 Å². The average molecular weight is 1620 g/mol. The van der Waals surface area contributed by atoms with E-state index in [2.05, 4.69) is 74.8 Å². The second-order valence-electron chi connectivity index (χ2n) is 24.7. The molecule has 10 aromatic heterocycles. The molecule has 0 spiro atoms. The number of nitrogens with zero attached hydrogens (tertiary/aromatic N) is 17. The number of anilines is 5. The van der Waals surface area contributed by atoms with Gasteiger partial charge in [0, 0.05) is 6.42 Å². The number of nitrogens with two attached hydrogens (primary N) is 5. The first-order chi connectivity index (χ1) is 51.7. The van der Waals surface area contributed by atoms with Crippen molar-refractivity contribution in [3.05, 3.63) is 75.4 Å². The van der Waals surface area contributed by atoms with Crippen LogP contribution in [0.3, 0.4) is 0 Å². The van der Waals surface area contributed by atoms with E-state index in [9.17, 15) is 82.9 Å². The van der Waals surface area contributed by atoms with Gasteiger partial charge in [-0.15, -0.1) is 0 Å². The van der Waals surface area contributed by atoms with Crippen LogP contribution in [-0.2, 0) is 78.1 Å². The Morgan fingerprint density at radius 2 is 0.697 bits per heavy atom. The lowest BCUT2D eigenvalue weighted by Crippen LogP contribution is -2.38. The zero-order chi connectivity index (χ0) is 77.2. The SMILES string of the molecule is Nc1nc2c(ncn2[C@@H]2O[C@H](COP(=O)(O)O[C@H]3[C@@H](O)[C@H](n4cnc5c(N)ncnc54)O[C@@H]3COP(=O)(O)O[C@H]3[C@@H](O)[C@H](n4cnc5c(=O)[nH]c(N)nc54)O[C@@H]3COP(=O)(O)O[C@H]3[C@@H](O)[C@H](n4cnc5c(N)ncnc54)O[C@@H]3CO)[C@@H](OP(=O)(O)OC[C@@H]3C[C@@H](O)[C@H](n4cnc5c(=O)[nH]c(N)nc54)O3)[C@H]2O)c(=O)[nH]1. The molecule has 5 saturated heterocycles. The number of fused-ring (bicyclic) bond motifs is 5. The minimum Gasteiger partial charge on any atom is -0.394 e. The largest absolute Gasteiger partial charge is 0.472 e. The lowest BCUT2D eigenvalue weighted by atomic mass is 10.1. The molecular formula is C50H61N25O30P4. The predicted molar refractivity (Wildman–Crippen MR) is 351 cm³/mol. The molecule has 0 aromatic carbocycles. The molecule has 0 amide bonds. The molecule has 0 aliphatic carbocycles. The Bertz CT molecular complexity index is 5530. The van der Waals surface area contributed by atoms with Crippen LogP contribution in [0.5, 0.6) is 0 Å². The molecule has 0 saturated carbocycles. The maximum absolute atomic E-state index is 14.4. The second-order valence-corrected chi connectivity index (χ2v) is 30.3. The third kappa shape index (κ3) is 14.5. The van der Waals surface area contributed by atoms with E-state index in [0.29, 0.717) is 0 Å². The van der Waals surface area contributed by atoms with Crippen LogP contribution in [0.2, 0.25) is 0 Å². The van der Waals surface area contributed by atoms with Crippen LogP contribution >= 0.6 is 31.3 Å². The number of phosphoric acid groups is 4. The summed E-state index contributed by atoms with van der Waals surface area (Å²) in [6.45, 7) is -5.59. The number of hydrogen-bond acceptors (Lipinski definition) is 43. The molecule has 586 valence electrons. The van der Waals surface area contributed by atoms with Crippen molar-refractivity contribution in [2.45, 2.75) is 123 Å². The molecule has 109 heavy (non-hydrogen) atoms. The number of rotatable bonds is 26. The minimum absolute atomic E-state index is 0.0423. The molecule has 5 aliphatic rings. The molecule has 15 heterocycles. The van der Waals surface area contributed by atoms with Crippen molar-refractivity contribution in [2.24, 2.45) is 0 Å². The van der Waals surface area contributed by atoms with Crippen LogP contribution in [0, 0.1) is 0 Å². The number of aromatic nitrogens is 20. The highest BCUT2D eigenvalue weighted by Gasteiger charge is 2.56. The van der Waals surface area contributed by atoms with Gasteiger partial charge in [0.1, 0.15) is 103 Å². The average Bonchev–Trinajstić information content (AvgIpc) is 1.60. The first-order valence-electron chi connectivity index (χ1n) is 31.7. The van der Waals surface area contributed by atoms with Crippen molar-refractivity contribution in [1.82, 2.24) is 97.6 Å². The summed E-state index contributed by atoms with van der Waals surface area (Å²) < 4.78 is 135. The van der Waals surface area contributed by atoms with Crippen molar-refractivity contribution < 1.29 is 128 Å². The molecule has 5 aliphatic heterocycles. The number of H-pyrrole nitrogens is 3. The smallest absolute Gasteiger partial charge is 0.394 e. The lowest BCUT2D eigenvalue weighted by molar-refractivity contribution is -0.0638. The van der Waals surface area contributed by atoms with Gasteiger partial charge < -0.3 is 103 Å². The molecule has 15 rings (SSSR count). The molecule has 10 aromatic rings. The van der Waals surface area contributed by atoms with E-state index in [1.54, 1.807) is 0 Å². The third-order valence-corrected chi connectivity index (χ3v) is 21.7. The number of phosphoric ester groups is 4. The normalized spacial score (nSPS) is 31.0. The van der Waals surface area contributed by atoms with Crippen molar-refractivity contribution in [1.29, 1.82) is 0 Å². The van der Waals surface area contributed by atoms with Crippen LogP contribution in [0.4, 0.5) is 29.5 Å². The van der Waals surface area contributed by atoms with Crippen LogP contribution in [0.15, 0.2) is 58.7 Å². The zero-order valence-corrected chi connectivity index (χ0v) is 58.2. The van der Waals surface area contributed by atoms with Gasteiger partial charge in [0.15, 0.2) is 87.6 Å². The Morgan fingerprint density at radius 3 is 1.04 bits per heavy atom. The summed E-state index contributed by atoms with van der Waals surface area (Å²) in [6, 6.07) is 0. The van der Waals surface area contributed by atoms with Gasteiger partial charge >= 0.3 is 31.3 Å². The Hall–Kier alpha value is -8.85. The summed E-state index contributed by atoms with van der Waals surface area (Å²) in [7, 11) is -22.8. The first kappa shape index (κ1) is 75.6. The zero-order valence-electron chi connectivity index (χ0n) is 54.7. The fourth-order valence-electron chi connectivity index (χ4n) is 12.9. The number of aliphatic hydroxyl groups is 6. The Labute approximate surface area is 600 Å². The third-order valence-electron chi connectivity index (χ3n) is 17.7. The van der Waals surface area contributed by atoms with Crippen LogP contribution in [0.25, 0.3) is 55.8 Å². The van der Waals surface area contributed by atoms with Gasteiger partial charge in [-0.25, -0.2) is 63.1 Å². The summed E-state index contributed by atoms with van der Waals surface area (Å²) in [5.41, 5.74) is 25.1. The fourth-order valence-corrected chi connectivity index (χ4v) is 16.7. The molecule has 23 N–H and O–H groups in total. The molecule has 23 atom stereocenters. The number of nitrogens with one attached hydrogen (secondary N) is 3. The van der Waals surface area contributed by atoms with Gasteiger partial charge in [0.25, 0.3) is 16.7 Å². The quantitative estimate of drug-likeness (QED) is 0.0224. The Morgan fingerprint density at radius 1 is 0.404 bits per heavy atom. The lowest BCUT2D eigenvalue weighted by Gasteiger charge is -2.27. The molecule has 59 heteroatoms. The van der Waals surface area contributed by atoms with Crippen molar-refractivity contribution in [2.75, 3.05) is 61.7 Å². The first-order valence-corrected chi connectivity index (χ1v) is 37.7. The van der Waals surface area contributed by atoms with E-state index < -0.39 is 209 Å². The van der Waals surface area contributed by atoms with Crippen LogP contribution in [-0.4, -0.2) is 266 Å². The highest BCUT2D eigenvalue weighted by atomic mass is 31.2. The van der Waals surface area contributed by atoms with E-state index in [4.69, 9.17) is 88.5 Å². The molecule has 4 unspecified atom stereocenters. The summed E-state index contributed by atoms with van der Waals surface area (Å²) >= 11 is 0. The number of imidazole rings is 5. The van der Waals surface area contributed by atoms with Crippen LogP contribution in [0.1, 0.15) is 37.6 Å². The number of nitrogen functional groups attached to an aromatic ring is 5. The van der Waals surface area contributed by atoms with E-state index in [1.807, 2.05) is 0 Å². The number of aliphatic hydroxyl groups excluding tert-OH is 6. The Balaban J connectivity index is 0.665. The number of ether oxygens (including phenoxy) is 5. The summed E-state index contributed by atoms with van der Waals surface area (Å²) in [5.74, 6) is -1.43. The van der Waals surface area contributed by atoms with Gasteiger partial charge in [0.2, 0.25) is 17.8 Å². The molecule has 0 radical (unpaired) electrons. The van der Waals surface area contributed by atoms with Crippen LogP contribution < -0.4 is 45.3 Å². The monoisotopic (exact) mass is 1620 g/mol. The maximum atomic E-state index is 14.4. The minimum atomic E-state index is -5.86. The van der Waals surface area contributed by atoms with Crippen molar-refractivity contribution in [3.63, 3.8) is 0 Å². The highest BCUT2D eigenvalue weighted by Crippen LogP contribution is 2.56. The van der Waals surface area contributed by atoms with Gasteiger partial charge in [-0.1, -0.05) is 0 Å². The standard InChI is InChI=1S/C50H61N25O30P4/c51-33-20-35(58-7-56-33)71(9-60-20)44-25(78)29(16(2-76)98-44)102-107(87,88)94-5-19-32(28(81)47(101-19)75-13-64-24-39(75)67-50(55)70-42(24)84)105-109(91,92)95-4-17-30(26(79)45(99-17)72-10-61-21-34(52)57-8-59-36(21)72)104-108(89,90)96-6-18-31(27(80)46(100-18)74-12-63-23-38(74)66-49(54)69-41(23)83)103-106(85,86)93-3-14-1-15(77)43(97-14)73-11-62-22-37(73)65-48(53)68-40(22)82/h7-19,25-32,43-47,76-81H,1-6H2,(H,85,86)(H,87,88)(H,89,90)(H,91,92)(H2,51,56,58)(H2,52,57,59)(H3,53,65,68,82)(H3,54,66,69,83)(H3,55,67,70,84)/t14-,15+,16+,17+,18+,19+,25+,26+,27+,28+,29+,30+,31+,32+,43+,44+,45+,46+,47+/m0/s1. The molecular weight excluding hydrogens is 1550 g/mol. The molecule has 0 bridgehead atoms. The van der Waals surface area contributed by atoms with E-state index in [1.165, 1.54) is 9.13 Å². The highest BCUT2D eigenvalue weighted by molar-refractivity contribution is 7.48. The summed E-state index contributed by atoms with van der Waals surface area (Å²) in [4.78, 5) is 139. The van der Waals surface area contributed by atoms with Crippen molar-refractivity contribution >= 4 is 117 Å². The number of aromatic amines is 3. The fraction of sp³-hybridized carbons (Fsp3) is 0.500. The maximum Gasteiger partial charge on any atom is 0.472 e.